The summed E-state index contributed by atoms with van der Waals surface area (Å²) >= 11 is 0. The number of nitrogens with zero attached hydrogens (tertiary/aromatic N) is 1. The third-order valence-corrected chi connectivity index (χ3v) is 5.53. The van der Waals surface area contributed by atoms with E-state index in [9.17, 15) is 0 Å². The van der Waals surface area contributed by atoms with Crippen molar-refractivity contribution in [3.8, 4) is 0 Å². The minimum absolute atomic E-state index is 0.361. The Hall–Kier alpha value is -3.06. The fourth-order valence-corrected chi connectivity index (χ4v) is 4.47. The molecule has 5 aromatic rings. The van der Waals surface area contributed by atoms with E-state index in [0.717, 1.165) is 6.42 Å². The summed E-state index contributed by atoms with van der Waals surface area (Å²) in [6.45, 7) is 6.26. The summed E-state index contributed by atoms with van der Waals surface area (Å²) in [5, 5.41) is 8.02. The van der Waals surface area contributed by atoms with Gasteiger partial charge >= 0.3 is 0 Å². The van der Waals surface area contributed by atoms with Crippen molar-refractivity contribution >= 4 is 43.4 Å². The van der Waals surface area contributed by atoms with Crippen LogP contribution in [0.3, 0.4) is 0 Å². The molecule has 26 heavy (non-hydrogen) atoms. The van der Waals surface area contributed by atoms with Crippen LogP contribution in [0.15, 0.2) is 85.5 Å². The minimum Gasteiger partial charge on any atom is -0.337 e. The van der Waals surface area contributed by atoms with Gasteiger partial charge in [-0.2, -0.15) is 0 Å². The van der Waals surface area contributed by atoms with E-state index in [1.165, 1.54) is 43.4 Å². The van der Waals surface area contributed by atoms with Gasteiger partial charge in [0.05, 0.1) is 5.52 Å². The van der Waals surface area contributed by atoms with E-state index in [4.69, 9.17) is 0 Å². The molecule has 0 N–H and O–H groups in total. The SMILES string of the molecule is C=CCC(C)n1c2ccccc2c2c3ccccc3c3ccccc3c21. The van der Waals surface area contributed by atoms with E-state index in [-0.39, 0.29) is 0 Å². The number of benzene rings is 4. The summed E-state index contributed by atoms with van der Waals surface area (Å²) < 4.78 is 2.51. The van der Waals surface area contributed by atoms with E-state index >= 15 is 0 Å². The van der Waals surface area contributed by atoms with Crippen LogP contribution in [0.25, 0.3) is 43.4 Å². The largest absolute Gasteiger partial charge is 0.337 e. The van der Waals surface area contributed by atoms with Gasteiger partial charge in [0.25, 0.3) is 0 Å². The Labute approximate surface area is 153 Å². The van der Waals surface area contributed by atoms with Crippen molar-refractivity contribution in [2.45, 2.75) is 19.4 Å². The van der Waals surface area contributed by atoms with Gasteiger partial charge in [-0.15, -0.1) is 6.58 Å². The fraction of sp³-hybridized carbons (Fsp3) is 0.120. The zero-order valence-electron chi connectivity index (χ0n) is 14.9. The molecular formula is C25H21N. The maximum absolute atomic E-state index is 3.97. The summed E-state index contributed by atoms with van der Waals surface area (Å²) in [5.41, 5.74) is 2.65. The molecule has 0 saturated heterocycles. The molecule has 5 rings (SSSR count). The monoisotopic (exact) mass is 335 g/mol. The van der Waals surface area contributed by atoms with Crippen LogP contribution < -0.4 is 0 Å². The number of hydrogen-bond acceptors (Lipinski definition) is 0. The predicted molar refractivity (Wildman–Crippen MR) is 114 cm³/mol. The zero-order valence-corrected chi connectivity index (χ0v) is 14.9. The van der Waals surface area contributed by atoms with E-state index in [2.05, 4.69) is 90.9 Å². The molecule has 1 heteroatoms. The first-order chi connectivity index (χ1) is 12.8. The Morgan fingerprint density at radius 3 is 2.00 bits per heavy atom. The van der Waals surface area contributed by atoms with Crippen molar-refractivity contribution < 1.29 is 0 Å². The number of para-hydroxylation sites is 1. The van der Waals surface area contributed by atoms with Gasteiger partial charge in [-0.25, -0.2) is 0 Å². The molecule has 1 heterocycles. The van der Waals surface area contributed by atoms with Gasteiger partial charge in [0.2, 0.25) is 0 Å². The second kappa shape index (κ2) is 5.74. The highest BCUT2D eigenvalue weighted by atomic mass is 15.0. The molecule has 0 aliphatic heterocycles. The molecule has 0 spiro atoms. The first kappa shape index (κ1) is 15.2. The van der Waals surface area contributed by atoms with Crippen LogP contribution in [-0.2, 0) is 0 Å². The molecule has 0 radical (unpaired) electrons. The molecule has 0 bridgehead atoms. The lowest BCUT2D eigenvalue weighted by atomic mass is 9.97. The van der Waals surface area contributed by atoms with Crippen LogP contribution in [0, 0.1) is 0 Å². The van der Waals surface area contributed by atoms with Crippen LogP contribution in [-0.4, -0.2) is 4.57 Å². The molecule has 0 fully saturated rings. The lowest BCUT2D eigenvalue weighted by molar-refractivity contribution is 0.592. The first-order valence-electron chi connectivity index (χ1n) is 9.24. The van der Waals surface area contributed by atoms with E-state index in [1.807, 2.05) is 6.08 Å². The molecule has 0 saturated carbocycles. The molecule has 0 aliphatic carbocycles. The Morgan fingerprint density at radius 2 is 1.31 bits per heavy atom. The van der Waals surface area contributed by atoms with Crippen LogP contribution >= 0.6 is 0 Å². The molecule has 1 nitrogen and oxygen atoms in total. The third kappa shape index (κ3) is 1.97. The molecule has 0 aliphatic rings. The molecule has 4 aromatic carbocycles. The fourth-order valence-electron chi connectivity index (χ4n) is 4.47. The number of fused-ring (bicyclic) bond motifs is 8. The zero-order chi connectivity index (χ0) is 17.7. The standard InChI is InChI=1S/C25H21N/c1-3-10-17(2)26-23-16-9-8-15-22(23)24-20-13-6-4-11-18(20)19-12-5-7-14-21(19)25(24)26/h3-9,11-17H,1,10H2,2H3. The van der Waals surface area contributed by atoms with Gasteiger partial charge in [-0.3, -0.25) is 0 Å². The molecule has 0 amide bonds. The molecule has 1 aromatic heterocycles. The summed E-state index contributed by atoms with van der Waals surface area (Å²) in [6, 6.07) is 26.8. The molecule has 1 unspecified atom stereocenters. The van der Waals surface area contributed by atoms with Crippen molar-refractivity contribution in [2.24, 2.45) is 0 Å². The Bertz CT molecular complexity index is 1290. The summed E-state index contributed by atoms with van der Waals surface area (Å²) in [4.78, 5) is 0. The highest BCUT2D eigenvalue weighted by Gasteiger charge is 2.19. The minimum atomic E-state index is 0.361. The van der Waals surface area contributed by atoms with E-state index in [0.29, 0.717) is 6.04 Å². The summed E-state index contributed by atoms with van der Waals surface area (Å²) in [5.74, 6) is 0. The maximum atomic E-state index is 3.97. The van der Waals surface area contributed by atoms with Gasteiger partial charge < -0.3 is 4.57 Å². The first-order valence-corrected chi connectivity index (χ1v) is 9.24. The van der Waals surface area contributed by atoms with E-state index in [1.54, 1.807) is 0 Å². The van der Waals surface area contributed by atoms with Gasteiger partial charge in [-0.05, 0) is 35.6 Å². The Balaban J connectivity index is 2.15. The topological polar surface area (TPSA) is 4.93 Å². The average Bonchev–Trinajstić information content (AvgIpc) is 3.04. The summed E-state index contributed by atoms with van der Waals surface area (Å²) in [7, 11) is 0. The second-order valence-corrected chi connectivity index (χ2v) is 7.08. The highest BCUT2D eigenvalue weighted by Crippen LogP contribution is 2.42. The number of allylic oxidation sites excluding steroid dienone is 1. The number of hydrogen-bond donors (Lipinski definition) is 0. The van der Waals surface area contributed by atoms with Crippen LogP contribution in [0.4, 0.5) is 0 Å². The van der Waals surface area contributed by atoms with Crippen molar-refractivity contribution in [3.05, 3.63) is 85.5 Å². The van der Waals surface area contributed by atoms with Gasteiger partial charge in [0, 0.05) is 27.7 Å². The van der Waals surface area contributed by atoms with Crippen LogP contribution in [0.5, 0.6) is 0 Å². The smallest absolute Gasteiger partial charge is 0.0580 e. The van der Waals surface area contributed by atoms with Crippen LogP contribution in [0.1, 0.15) is 19.4 Å². The third-order valence-electron chi connectivity index (χ3n) is 5.53. The van der Waals surface area contributed by atoms with Crippen molar-refractivity contribution in [1.29, 1.82) is 0 Å². The number of aromatic nitrogens is 1. The molecule has 126 valence electrons. The lowest BCUT2D eigenvalue weighted by Crippen LogP contribution is -2.04. The molecule has 1 atom stereocenters. The molecular weight excluding hydrogens is 314 g/mol. The second-order valence-electron chi connectivity index (χ2n) is 7.08. The maximum Gasteiger partial charge on any atom is 0.0580 e. The van der Waals surface area contributed by atoms with Crippen LogP contribution in [0.2, 0.25) is 0 Å². The number of rotatable bonds is 3. The van der Waals surface area contributed by atoms with Gasteiger partial charge in [0.15, 0.2) is 0 Å². The quantitative estimate of drug-likeness (QED) is 0.242. The average molecular weight is 335 g/mol. The Morgan fingerprint density at radius 1 is 0.769 bits per heavy atom. The highest BCUT2D eigenvalue weighted by molar-refractivity contribution is 6.31. The van der Waals surface area contributed by atoms with Crippen molar-refractivity contribution in [3.63, 3.8) is 0 Å². The Kier molecular flexibility index (Phi) is 3.36. The summed E-state index contributed by atoms with van der Waals surface area (Å²) in [6.07, 6.45) is 2.98. The lowest BCUT2D eigenvalue weighted by Gasteiger charge is -2.17. The van der Waals surface area contributed by atoms with Crippen molar-refractivity contribution in [2.75, 3.05) is 0 Å². The normalized spacial score (nSPS) is 13.0. The van der Waals surface area contributed by atoms with Crippen molar-refractivity contribution in [1.82, 2.24) is 4.57 Å². The predicted octanol–water partition coefficient (Wildman–Crippen LogP) is 7.24. The van der Waals surface area contributed by atoms with Gasteiger partial charge in [-0.1, -0.05) is 72.8 Å². The van der Waals surface area contributed by atoms with E-state index < -0.39 is 0 Å². The van der Waals surface area contributed by atoms with Gasteiger partial charge in [0.1, 0.15) is 0 Å².